The summed E-state index contributed by atoms with van der Waals surface area (Å²) in [5.41, 5.74) is 3.99. The Balaban J connectivity index is 1.42. The molecule has 2 aromatic carbocycles. The lowest BCUT2D eigenvalue weighted by atomic mass is 9.78. The van der Waals surface area contributed by atoms with Crippen LogP contribution in [0, 0.1) is 17.8 Å². The van der Waals surface area contributed by atoms with Crippen molar-refractivity contribution in [1.29, 1.82) is 0 Å². The van der Waals surface area contributed by atoms with Crippen LogP contribution in [0.5, 0.6) is 5.75 Å². The van der Waals surface area contributed by atoms with Gasteiger partial charge in [0.1, 0.15) is 5.75 Å². The van der Waals surface area contributed by atoms with Crippen molar-refractivity contribution >= 4 is 0 Å². The van der Waals surface area contributed by atoms with Gasteiger partial charge in [-0.3, -0.25) is 0 Å². The molecule has 164 valence electrons. The molecule has 2 aromatic rings. The van der Waals surface area contributed by atoms with E-state index in [1.54, 1.807) is 0 Å². The Labute approximate surface area is 189 Å². The molecule has 0 aromatic heterocycles. The summed E-state index contributed by atoms with van der Waals surface area (Å²) in [4.78, 5) is 0. The molecule has 31 heavy (non-hydrogen) atoms. The molecule has 0 aliphatic heterocycles. The van der Waals surface area contributed by atoms with Crippen molar-refractivity contribution in [3.05, 3.63) is 77.4 Å². The number of benzene rings is 2. The summed E-state index contributed by atoms with van der Waals surface area (Å²) >= 11 is 0. The van der Waals surface area contributed by atoms with Gasteiger partial charge in [0, 0.05) is 5.56 Å². The molecule has 1 fully saturated rings. The average Bonchev–Trinajstić information content (AvgIpc) is 2.82. The van der Waals surface area contributed by atoms with E-state index in [9.17, 15) is 0 Å². The van der Waals surface area contributed by atoms with Crippen molar-refractivity contribution in [2.24, 2.45) is 5.92 Å². The molecule has 0 heterocycles. The molecular formula is C30H38O. The molecule has 0 amide bonds. The monoisotopic (exact) mass is 414 g/mol. The summed E-state index contributed by atoms with van der Waals surface area (Å²) in [7, 11) is 0. The van der Waals surface area contributed by atoms with E-state index in [4.69, 9.17) is 4.74 Å². The summed E-state index contributed by atoms with van der Waals surface area (Å²) in [5.74, 6) is 8.87. The molecule has 0 saturated heterocycles. The second kappa shape index (κ2) is 13.1. The van der Waals surface area contributed by atoms with E-state index in [0.29, 0.717) is 11.8 Å². The summed E-state index contributed by atoms with van der Waals surface area (Å²) in [6.07, 6.45) is 15.4. The van der Waals surface area contributed by atoms with Crippen LogP contribution in [0.2, 0.25) is 0 Å². The van der Waals surface area contributed by atoms with Crippen molar-refractivity contribution < 1.29 is 4.74 Å². The Morgan fingerprint density at radius 2 is 1.58 bits per heavy atom. The molecule has 1 saturated carbocycles. The molecule has 1 heteroatoms. The van der Waals surface area contributed by atoms with Crippen LogP contribution in [0.15, 0.2) is 60.7 Å². The van der Waals surface area contributed by atoms with Crippen LogP contribution in [0.3, 0.4) is 0 Å². The second-order valence-electron chi connectivity index (χ2n) is 8.81. The van der Waals surface area contributed by atoms with Crippen LogP contribution in [0.4, 0.5) is 0 Å². The number of ether oxygens (including phenoxy) is 1. The predicted octanol–water partition coefficient (Wildman–Crippen LogP) is 8.09. The lowest BCUT2D eigenvalue weighted by Crippen LogP contribution is -2.11. The third kappa shape index (κ3) is 7.95. The maximum absolute atomic E-state index is 5.79. The standard InChI is InChI=1S/C30H38O/c1-3-5-9-25-12-14-26(15-13-25)10-7-8-11-27-16-18-28(19-17-27)29-20-22-30(23-21-29)31-24-6-4-2/h8,11-15,20-23,27-28H,3-6,9,16-19,24H2,1-2H3/b11-8+. The first-order valence-electron chi connectivity index (χ1n) is 12.3. The van der Waals surface area contributed by atoms with Gasteiger partial charge >= 0.3 is 0 Å². The van der Waals surface area contributed by atoms with Crippen molar-refractivity contribution in [1.82, 2.24) is 0 Å². The highest BCUT2D eigenvalue weighted by Gasteiger charge is 2.20. The van der Waals surface area contributed by atoms with E-state index in [-0.39, 0.29) is 0 Å². The molecule has 1 aliphatic rings. The molecule has 0 N–H and O–H groups in total. The summed E-state index contributed by atoms with van der Waals surface area (Å²) < 4.78 is 5.79. The van der Waals surface area contributed by atoms with E-state index in [1.165, 1.54) is 62.5 Å². The number of hydrogen-bond acceptors (Lipinski definition) is 1. The fourth-order valence-corrected chi connectivity index (χ4v) is 4.26. The fourth-order valence-electron chi connectivity index (χ4n) is 4.26. The minimum atomic E-state index is 0.665. The van der Waals surface area contributed by atoms with Crippen LogP contribution < -0.4 is 4.74 Å². The zero-order chi connectivity index (χ0) is 21.7. The van der Waals surface area contributed by atoms with Gasteiger partial charge in [0.25, 0.3) is 0 Å². The first kappa shape index (κ1) is 23.2. The Kier molecular flexibility index (Phi) is 9.78. The zero-order valence-corrected chi connectivity index (χ0v) is 19.4. The van der Waals surface area contributed by atoms with Crippen LogP contribution >= 0.6 is 0 Å². The largest absolute Gasteiger partial charge is 0.494 e. The minimum Gasteiger partial charge on any atom is -0.494 e. The van der Waals surface area contributed by atoms with Crippen LogP contribution in [-0.4, -0.2) is 6.61 Å². The number of rotatable bonds is 9. The highest BCUT2D eigenvalue weighted by molar-refractivity contribution is 5.38. The first-order valence-corrected chi connectivity index (χ1v) is 12.3. The van der Waals surface area contributed by atoms with Gasteiger partial charge in [0.2, 0.25) is 0 Å². The third-order valence-corrected chi connectivity index (χ3v) is 6.33. The molecule has 0 atom stereocenters. The van der Waals surface area contributed by atoms with Gasteiger partial charge in [-0.25, -0.2) is 0 Å². The first-order chi connectivity index (χ1) is 15.3. The molecule has 1 nitrogen and oxygen atoms in total. The van der Waals surface area contributed by atoms with Crippen molar-refractivity contribution in [2.75, 3.05) is 6.61 Å². The average molecular weight is 415 g/mol. The topological polar surface area (TPSA) is 9.23 Å². The van der Waals surface area contributed by atoms with Crippen LogP contribution in [0.25, 0.3) is 0 Å². The molecule has 3 rings (SSSR count). The molecule has 1 aliphatic carbocycles. The highest BCUT2D eigenvalue weighted by Crippen LogP contribution is 2.36. The lowest BCUT2D eigenvalue weighted by Gasteiger charge is -2.27. The molecule has 0 unspecified atom stereocenters. The quantitative estimate of drug-likeness (QED) is 0.297. The SMILES string of the molecule is CCCCOc1ccc(C2CCC(/C=C/C#Cc3ccc(CCCC)cc3)CC2)cc1. The molecule has 0 radical (unpaired) electrons. The molecular weight excluding hydrogens is 376 g/mol. The zero-order valence-electron chi connectivity index (χ0n) is 19.4. The third-order valence-electron chi connectivity index (χ3n) is 6.33. The van der Waals surface area contributed by atoms with Crippen LogP contribution in [0.1, 0.15) is 87.8 Å². The van der Waals surface area contributed by atoms with E-state index < -0.39 is 0 Å². The Morgan fingerprint density at radius 1 is 0.871 bits per heavy atom. The van der Waals surface area contributed by atoms with E-state index in [0.717, 1.165) is 24.3 Å². The Morgan fingerprint density at radius 3 is 2.26 bits per heavy atom. The van der Waals surface area contributed by atoms with Crippen molar-refractivity contribution in [2.45, 2.75) is 77.6 Å². The maximum Gasteiger partial charge on any atom is 0.119 e. The second-order valence-corrected chi connectivity index (χ2v) is 8.81. The van der Waals surface area contributed by atoms with Gasteiger partial charge in [0.05, 0.1) is 6.61 Å². The normalized spacial score (nSPS) is 18.5. The van der Waals surface area contributed by atoms with Gasteiger partial charge < -0.3 is 4.74 Å². The van der Waals surface area contributed by atoms with Crippen molar-refractivity contribution in [3.8, 4) is 17.6 Å². The summed E-state index contributed by atoms with van der Waals surface area (Å²) in [6.45, 7) is 5.25. The number of allylic oxidation sites excluding steroid dienone is 2. The predicted molar refractivity (Wildman–Crippen MR) is 133 cm³/mol. The van der Waals surface area contributed by atoms with Crippen LogP contribution in [-0.2, 0) is 6.42 Å². The fraction of sp³-hybridized carbons (Fsp3) is 0.467. The van der Waals surface area contributed by atoms with Gasteiger partial charge in [-0.1, -0.05) is 68.9 Å². The van der Waals surface area contributed by atoms with E-state index in [2.05, 4.69) is 86.4 Å². The smallest absolute Gasteiger partial charge is 0.119 e. The van der Waals surface area contributed by atoms with Gasteiger partial charge in [-0.2, -0.15) is 0 Å². The number of hydrogen-bond donors (Lipinski definition) is 0. The Hall–Kier alpha value is -2.46. The highest BCUT2D eigenvalue weighted by atomic mass is 16.5. The number of aryl methyl sites for hydroxylation is 1. The summed E-state index contributed by atoms with van der Waals surface area (Å²) in [5, 5.41) is 0. The lowest BCUT2D eigenvalue weighted by molar-refractivity contribution is 0.309. The summed E-state index contributed by atoms with van der Waals surface area (Å²) in [6, 6.07) is 17.5. The Bertz CT molecular complexity index is 840. The molecule has 0 bridgehead atoms. The van der Waals surface area contributed by atoms with Gasteiger partial charge in [0.15, 0.2) is 0 Å². The molecule has 0 spiro atoms. The van der Waals surface area contributed by atoms with E-state index in [1.807, 2.05) is 0 Å². The maximum atomic E-state index is 5.79. The van der Waals surface area contributed by atoms with Crippen molar-refractivity contribution in [3.63, 3.8) is 0 Å². The minimum absolute atomic E-state index is 0.665. The van der Waals surface area contributed by atoms with Gasteiger partial charge in [-0.05, 0) is 98.2 Å². The van der Waals surface area contributed by atoms with Gasteiger partial charge in [-0.15, -0.1) is 0 Å². The number of unbranched alkanes of at least 4 members (excludes halogenated alkanes) is 2. The van der Waals surface area contributed by atoms with E-state index >= 15 is 0 Å².